The molecule has 1 N–H and O–H groups in total. The first kappa shape index (κ1) is 14.7. The number of nitrogens with zero attached hydrogens (tertiary/aromatic N) is 2. The quantitative estimate of drug-likeness (QED) is 0.485. The molecule has 0 bridgehead atoms. The van der Waals surface area contributed by atoms with Gasteiger partial charge in [0.05, 0.1) is 21.2 Å². The van der Waals surface area contributed by atoms with Crippen LogP contribution in [0.4, 0.5) is 11.5 Å². The van der Waals surface area contributed by atoms with E-state index in [0.29, 0.717) is 28.6 Å². The fourth-order valence-electron chi connectivity index (χ4n) is 1.75. The van der Waals surface area contributed by atoms with Gasteiger partial charge in [0, 0.05) is 6.54 Å². The predicted molar refractivity (Wildman–Crippen MR) is 73.4 cm³/mol. The first-order valence-electron chi connectivity index (χ1n) is 6.04. The summed E-state index contributed by atoms with van der Waals surface area (Å²) >= 11 is 5.99. The summed E-state index contributed by atoms with van der Waals surface area (Å²) in [6.07, 6.45) is 3.16. The van der Waals surface area contributed by atoms with Crippen LogP contribution in [0.15, 0.2) is 0 Å². The summed E-state index contributed by atoms with van der Waals surface area (Å²) in [7, 11) is 0. The number of nitrogens with one attached hydrogen (secondary N) is 1. The fraction of sp³-hybridized carbons (Fsp3) is 0.583. The van der Waals surface area contributed by atoms with E-state index in [1.165, 1.54) is 0 Å². The predicted octanol–water partition coefficient (Wildman–Crippen LogP) is 3.86. The Bertz CT molecular complexity index is 449. The Morgan fingerprint density at radius 3 is 2.61 bits per heavy atom. The Morgan fingerprint density at radius 1 is 1.39 bits per heavy atom. The van der Waals surface area contributed by atoms with E-state index in [-0.39, 0.29) is 5.69 Å². The van der Waals surface area contributed by atoms with Crippen LogP contribution in [0.3, 0.4) is 0 Å². The smallest absolute Gasteiger partial charge is 0.315 e. The Morgan fingerprint density at radius 2 is 2.06 bits per heavy atom. The molecule has 1 aromatic heterocycles. The van der Waals surface area contributed by atoms with Gasteiger partial charge in [0.25, 0.3) is 0 Å². The molecule has 0 aliphatic carbocycles. The van der Waals surface area contributed by atoms with Crippen LogP contribution < -0.4 is 5.32 Å². The van der Waals surface area contributed by atoms with Crippen molar-refractivity contribution in [3.8, 4) is 0 Å². The van der Waals surface area contributed by atoms with Crippen molar-refractivity contribution in [3.63, 3.8) is 0 Å². The number of aryl methyl sites for hydroxylation is 1. The summed E-state index contributed by atoms with van der Waals surface area (Å²) in [6.45, 7) is 6.18. The van der Waals surface area contributed by atoms with Crippen LogP contribution in [-0.2, 0) is 0 Å². The normalized spacial score (nSPS) is 10.4. The maximum atomic E-state index is 11.1. The molecule has 100 valence electrons. The van der Waals surface area contributed by atoms with Crippen molar-refractivity contribution in [1.29, 1.82) is 0 Å². The SMILES string of the molecule is CCCCCNc1nc(C)c(Cl)c(C)c1[N+](=O)[O-]. The molecule has 5 nitrogen and oxygen atoms in total. The van der Waals surface area contributed by atoms with E-state index in [1.54, 1.807) is 13.8 Å². The van der Waals surface area contributed by atoms with Gasteiger partial charge in [-0.25, -0.2) is 4.98 Å². The van der Waals surface area contributed by atoms with Gasteiger partial charge in [-0.3, -0.25) is 10.1 Å². The molecule has 6 heteroatoms. The molecular weight excluding hydrogens is 254 g/mol. The minimum absolute atomic E-state index is 0.0258. The zero-order chi connectivity index (χ0) is 13.7. The van der Waals surface area contributed by atoms with Crippen molar-refractivity contribution in [2.75, 3.05) is 11.9 Å². The molecule has 1 rings (SSSR count). The second-order valence-electron chi connectivity index (χ2n) is 4.22. The lowest BCUT2D eigenvalue weighted by Crippen LogP contribution is -2.08. The van der Waals surface area contributed by atoms with Gasteiger partial charge in [0.15, 0.2) is 0 Å². The van der Waals surface area contributed by atoms with Crippen molar-refractivity contribution in [2.45, 2.75) is 40.0 Å². The molecule has 0 aliphatic rings. The van der Waals surface area contributed by atoms with Crippen LogP contribution in [0.25, 0.3) is 0 Å². The number of hydrogen-bond acceptors (Lipinski definition) is 4. The van der Waals surface area contributed by atoms with E-state index in [0.717, 1.165) is 19.3 Å². The monoisotopic (exact) mass is 271 g/mol. The standard InChI is InChI=1S/C12H18ClN3O2/c1-4-5-6-7-14-12-11(16(17)18)8(2)10(13)9(3)15-12/h4-7H2,1-3H3,(H,14,15). The third-order valence-electron chi connectivity index (χ3n) is 2.76. The molecular formula is C12H18ClN3O2. The van der Waals surface area contributed by atoms with Crippen molar-refractivity contribution < 1.29 is 4.92 Å². The Balaban J connectivity index is 2.98. The molecule has 0 radical (unpaired) electrons. The molecule has 1 heterocycles. The first-order chi connectivity index (χ1) is 8.49. The summed E-state index contributed by atoms with van der Waals surface area (Å²) in [6, 6.07) is 0. The van der Waals surface area contributed by atoms with Crippen molar-refractivity contribution >= 4 is 23.1 Å². The summed E-state index contributed by atoms with van der Waals surface area (Å²) in [5.41, 5.74) is 1.05. The van der Waals surface area contributed by atoms with Crippen LogP contribution in [0.2, 0.25) is 5.02 Å². The number of anilines is 1. The zero-order valence-corrected chi connectivity index (χ0v) is 11.7. The van der Waals surface area contributed by atoms with Crippen molar-refractivity contribution in [2.24, 2.45) is 0 Å². The fourth-order valence-corrected chi connectivity index (χ4v) is 1.88. The van der Waals surface area contributed by atoms with Crippen LogP contribution in [-0.4, -0.2) is 16.5 Å². The van der Waals surface area contributed by atoms with E-state index in [9.17, 15) is 10.1 Å². The van der Waals surface area contributed by atoms with Crippen LogP contribution in [0.1, 0.15) is 37.4 Å². The molecule has 0 saturated heterocycles. The van der Waals surface area contributed by atoms with Crippen molar-refractivity contribution in [3.05, 3.63) is 26.4 Å². The van der Waals surface area contributed by atoms with Gasteiger partial charge in [0.1, 0.15) is 0 Å². The minimum Gasteiger partial charge on any atom is -0.364 e. The number of halogens is 1. The van der Waals surface area contributed by atoms with Gasteiger partial charge in [-0.1, -0.05) is 31.4 Å². The summed E-state index contributed by atoms with van der Waals surface area (Å²) in [4.78, 5) is 14.8. The maximum Gasteiger partial charge on any atom is 0.315 e. The Labute approximate surface area is 112 Å². The van der Waals surface area contributed by atoms with E-state index in [2.05, 4.69) is 17.2 Å². The molecule has 0 aliphatic heterocycles. The number of rotatable bonds is 6. The molecule has 0 fully saturated rings. The third kappa shape index (κ3) is 3.32. The molecule has 0 spiro atoms. The zero-order valence-electron chi connectivity index (χ0n) is 10.9. The van der Waals surface area contributed by atoms with Gasteiger partial charge < -0.3 is 5.32 Å². The van der Waals surface area contributed by atoms with Crippen LogP contribution in [0.5, 0.6) is 0 Å². The molecule has 0 saturated carbocycles. The van der Waals surface area contributed by atoms with E-state index < -0.39 is 4.92 Å². The van der Waals surface area contributed by atoms with Gasteiger partial charge in [-0.05, 0) is 20.3 Å². The lowest BCUT2D eigenvalue weighted by molar-refractivity contribution is -0.384. The molecule has 0 unspecified atom stereocenters. The summed E-state index contributed by atoms with van der Waals surface area (Å²) in [5, 5.41) is 14.5. The van der Waals surface area contributed by atoms with Crippen LogP contribution in [0, 0.1) is 24.0 Å². The second kappa shape index (κ2) is 6.54. The number of hydrogen-bond donors (Lipinski definition) is 1. The topological polar surface area (TPSA) is 68.1 Å². The van der Waals surface area contributed by atoms with Gasteiger partial charge in [0.2, 0.25) is 5.82 Å². The number of pyridine rings is 1. The van der Waals surface area contributed by atoms with Gasteiger partial charge in [-0.15, -0.1) is 0 Å². The van der Waals surface area contributed by atoms with Crippen molar-refractivity contribution in [1.82, 2.24) is 4.98 Å². The average molecular weight is 272 g/mol. The lowest BCUT2D eigenvalue weighted by atomic mass is 10.2. The molecule has 0 aromatic carbocycles. The average Bonchev–Trinajstić information content (AvgIpc) is 2.31. The second-order valence-corrected chi connectivity index (χ2v) is 4.60. The molecule has 18 heavy (non-hydrogen) atoms. The molecule has 0 amide bonds. The highest BCUT2D eigenvalue weighted by Crippen LogP contribution is 2.33. The molecule has 1 aromatic rings. The first-order valence-corrected chi connectivity index (χ1v) is 6.41. The number of aromatic nitrogens is 1. The summed E-state index contributed by atoms with van der Waals surface area (Å²) in [5.74, 6) is 0.315. The Kier molecular flexibility index (Phi) is 5.34. The third-order valence-corrected chi connectivity index (χ3v) is 3.32. The summed E-state index contributed by atoms with van der Waals surface area (Å²) < 4.78 is 0. The number of unbranched alkanes of at least 4 members (excludes halogenated alkanes) is 2. The lowest BCUT2D eigenvalue weighted by Gasteiger charge is -2.10. The maximum absolute atomic E-state index is 11.1. The largest absolute Gasteiger partial charge is 0.364 e. The number of nitro groups is 1. The highest BCUT2D eigenvalue weighted by molar-refractivity contribution is 6.32. The highest BCUT2D eigenvalue weighted by Gasteiger charge is 2.22. The van der Waals surface area contributed by atoms with Gasteiger partial charge in [-0.2, -0.15) is 0 Å². The highest BCUT2D eigenvalue weighted by atomic mass is 35.5. The minimum atomic E-state index is -0.435. The Hall–Kier alpha value is -1.36. The molecule has 0 atom stereocenters. The van der Waals surface area contributed by atoms with E-state index in [1.807, 2.05) is 0 Å². The van der Waals surface area contributed by atoms with Crippen LogP contribution >= 0.6 is 11.6 Å². The van der Waals surface area contributed by atoms with E-state index >= 15 is 0 Å². The van der Waals surface area contributed by atoms with Gasteiger partial charge >= 0.3 is 5.69 Å². The van der Waals surface area contributed by atoms with E-state index in [4.69, 9.17) is 11.6 Å².